The van der Waals surface area contributed by atoms with E-state index in [1.807, 2.05) is 0 Å². The fourth-order valence-electron chi connectivity index (χ4n) is 2.00. The highest BCUT2D eigenvalue weighted by Gasteiger charge is 2.22. The van der Waals surface area contributed by atoms with Crippen molar-refractivity contribution in [3.63, 3.8) is 0 Å². The minimum Gasteiger partial charge on any atom is -0.361 e. The lowest BCUT2D eigenvalue weighted by Gasteiger charge is -2.07. The second-order valence-electron chi connectivity index (χ2n) is 5.03. The number of amides is 1. The molecule has 1 heterocycles. The average molecular weight is 286 g/mol. The summed E-state index contributed by atoms with van der Waals surface area (Å²) in [4.78, 5) is 26.2. The summed E-state index contributed by atoms with van der Waals surface area (Å²) < 4.78 is 0. The van der Waals surface area contributed by atoms with Crippen LogP contribution < -0.4 is 10.6 Å². The monoisotopic (exact) mass is 286 g/mol. The summed E-state index contributed by atoms with van der Waals surface area (Å²) in [5, 5.41) is 17.2. The molecule has 0 aliphatic heterocycles. The Balaban J connectivity index is 1.70. The molecule has 2 N–H and O–H groups in total. The number of anilines is 1. The van der Waals surface area contributed by atoms with E-state index in [4.69, 9.17) is 0 Å². The average Bonchev–Trinajstić information content (AvgIpc) is 3.28. The van der Waals surface area contributed by atoms with Gasteiger partial charge in [-0.3, -0.25) is 14.9 Å². The summed E-state index contributed by atoms with van der Waals surface area (Å²) >= 11 is 0. The Morgan fingerprint density at radius 3 is 2.86 bits per heavy atom. The number of benzene rings is 1. The van der Waals surface area contributed by atoms with Crippen LogP contribution in [0.1, 0.15) is 12.8 Å². The summed E-state index contributed by atoms with van der Waals surface area (Å²) in [6, 6.07) is 8.28. The number of pyridine rings is 1. The third kappa shape index (κ3) is 3.25. The van der Waals surface area contributed by atoms with Gasteiger partial charge in [-0.15, -0.1) is 0 Å². The lowest BCUT2D eigenvalue weighted by molar-refractivity contribution is -0.384. The smallest absolute Gasteiger partial charge is 0.270 e. The van der Waals surface area contributed by atoms with Gasteiger partial charge >= 0.3 is 0 Å². The van der Waals surface area contributed by atoms with Gasteiger partial charge in [0.05, 0.1) is 17.0 Å². The van der Waals surface area contributed by atoms with E-state index in [0.29, 0.717) is 22.8 Å². The molecule has 0 unspecified atom stereocenters. The first-order chi connectivity index (χ1) is 10.1. The topological polar surface area (TPSA) is 97.2 Å². The number of nitro benzene ring substituents is 1. The molecule has 0 radical (unpaired) electrons. The Hall–Kier alpha value is -2.70. The molecule has 0 saturated heterocycles. The van der Waals surface area contributed by atoms with Gasteiger partial charge in [-0.1, -0.05) is 0 Å². The molecule has 1 amide bonds. The number of nitrogens with zero attached hydrogens (tertiary/aromatic N) is 2. The van der Waals surface area contributed by atoms with Gasteiger partial charge in [-0.2, -0.15) is 0 Å². The molecule has 1 fully saturated rings. The van der Waals surface area contributed by atoms with E-state index in [0.717, 1.165) is 12.8 Å². The summed E-state index contributed by atoms with van der Waals surface area (Å²) in [6.07, 6.45) is 2.11. The van der Waals surface area contributed by atoms with Crippen molar-refractivity contribution in [2.45, 2.75) is 18.9 Å². The molecule has 0 spiro atoms. The first-order valence-electron chi connectivity index (χ1n) is 6.70. The maximum Gasteiger partial charge on any atom is 0.270 e. The van der Waals surface area contributed by atoms with Crippen molar-refractivity contribution in [3.05, 3.63) is 40.4 Å². The van der Waals surface area contributed by atoms with E-state index in [1.54, 1.807) is 18.2 Å². The third-order valence-electron chi connectivity index (χ3n) is 3.26. The number of carbonyl (C=O) groups excluding carboxylic acids is 1. The molecule has 1 aromatic heterocycles. The minimum atomic E-state index is -0.437. The van der Waals surface area contributed by atoms with E-state index < -0.39 is 4.92 Å². The van der Waals surface area contributed by atoms with Crippen LogP contribution in [0, 0.1) is 10.1 Å². The van der Waals surface area contributed by atoms with Gasteiger partial charge in [0.1, 0.15) is 5.82 Å². The Labute approximate surface area is 120 Å². The predicted octanol–water partition coefficient (Wildman–Crippen LogP) is 1.83. The molecule has 1 aliphatic carbocycles. The predicted molar refractivity (Wildman–Crippen MR) is 78.1 cm³/mol. The van der Waals surface area contributed by atoms with Crippen molar-refractivity contribution in [1.82, 2.24) is 10.3 Å². The second-order valence-corrected chi connectivity index (χ2v) is 5.03. The van der Waals surface area contributed by atoms with Gasteiger partial charge in [0.15, 0.2) is 0 Å². The van der Waals surface area contributed by atoms with Gasteiger partial charge in [-0.05, 0) is 31.0 Å². The van der Waals surface area contributed by atoms with Crippen molar-refractivity contribution in [3.8, 4) is 0 Å². The number of carbonyl (C=O) groups is 1. The molecular formula is C14H14N4O3. The Morgan fingerprint density at radius 1 is 1.33 bits per heavy atom. The van der Waals surface area contributed by atoms with Crippen molar-refractivity contribution < 1.29 is 9.72 Å². The normalized spacial score (nSPS) is 13.9. The Bertz CT molecular complexity index is 712. The number of aromatic nitrogens is 1. The molecule has 7 heteroatoms. The summed E-state index contributed by atoms with van der Waals surface area (Å²) in [5.41, 5.74) is 0.682. The molecule has 0 bridgehead atoms. The number of hydrogen-bond acceptors (Lipinski definition) is 5. The molecule has 2 aromatic rings. The number of fused-ring (bicyclic) bond motifs is 1. The zero-order chi connectivity index (χ0) is 14.8. The van der Waals surface area contributed by atoms with Crippen LogP contribution in [-0.2, 0) is 4.79 Å². The Morgan fingerprint density at radius 2 is 2.14 bits per heavy atom. The number of rotatable bonds is 5. The highest BCUT2D eigenvalue weighted by atomic mass is 16.6. The first kappa shape index (κ1) is 13.3. The quantitative estimate of drug-likeness (QED) is 0.645. The lowest BCUT2D eigenvalue weighted by atomic mass is 10.2. The molecule has 1 aliphatic rings. The fraction of sp³-hybridized carbons (Fsp3) is 0.286. The van der Waals surface area contributed by atoms with Crippen LogP contribution >= 0.6 is 0 Å². The van der Waals surface area contributed by atoms with Crippen molar-refractivity contribution in [2.24, 2.45) is 0 Å². The van der Waals surface area contributed by atoms with Crippen LogP contribution in [0.2, 0.25) is 0 Å². The van der Waals surface area contributed by atoms with Crippen molar-refractivity contribution in [1.29, 1.82) is 0 Å². The van der Waals surface area contributed by atoms with E-state index in [2.05, 4.69) is 15.6 Å². The van der Waals surface area contributed by atoms with E-state index in [9.17, 15) is 14.9 Å². The maximum absolute atomic E-state index is 11.6. The molecule has 7 nitrogen and oxygen atoms in total. The number of hydrogen-bond donors (Lipinski definition) is 2. The third-order valence-corrected chi connectivity index (χ3v) is 3.26. The SMILES string of the molecule is O=C(CNc1ccc2cc([N+](=O)[O-])ccc2n1)NC1CC1. The minimum absolute atomic E-state index is 0.0359. The fourth-order valence-corrected chi connectivity index (χ4v) is 2.00. The van der Waals surface area contributed by atoms with Crippen LogP contribution in [0.15, 0.2) is 30.3 Å². The van der Waals surface area contributed by atoms with Gasteiger partial charge in [-0.25, -0.2) is 4.98 Å². The van der Waals surface area contributed by atoms with E-state index >= 15 is 0 Å². The largest absolute Gasteiger partial charge is 0.361 e. The van der Waals surface area contributed by atoms with Crippen LogP contribution in [0.3, 0.4) is 0 Å². The molecule has 1 aromatic carbocycles. The van der Waals surface area contributed by atoms with Gasteiger partial charge < -0.3 is 10.6 Å². The van der Waals surface area contributed by atoms with Gasteiger partial charge in [0.2, 0.25) is 5.91 Å². The van der Waals surface area contributed by atoms with E-state index in [-0.39, 0.29) is 18.1 Å². The van der Waals surface area contributed by atoms with Crippen LogP contribution in [0.25, 0.3) is 10.9 Å². The maximum atomic E-state index is 11.6. The first-order valence-corrected chi connectivity index (χ1v) is 6.70. The van der Waals surface area contributed by atoms with Gasteiger partial charge in [0.25, 0.3) is 5.69 Å². The second kappa shape index (κ2) is 5.35. The standard InChI is InChI=1S/C14H14N4O3/c19-14(16-10-2-3-10)8-15-13-6-1-9-7-11(18(20)21)4-5-12(9)17-13/h1,4-7,10H,2-3,8H2,(H,15,17)(H,16,19). The highest BCUT2D eigenvalue weighted by molar-refractivity contribution is 5.84. The summed E-state index contributed by atoms with van der Waals surface area (Å²) in [5.74, 6) is 0.519. The summed E-state index contributed by atoms with van der Waals surface area (Å²) in [7, 11) is 0. The zero-order valence-electron chi connectivity index (χ0n) is 11.2. The molecular weight excluding hydrogens is 272 g/mol. The lowest BCUT2D eigenvalue weighted by Crippen LogP contribution is -2.31. The highest BCUT2D eigenvalue weighted by Crippen LogP contribution is 2.21. The van der Waals surface area contributed by atoms with E-state index in [1.165, 1.54) is 12.1 Å². The molecule has 1 saturated carbocycles. The molecule has 0 atom stereocenters. The number of nitrogens with one attached hydrogen (secondary N) is 2. The van der Waals surface area contributed by atoms with Crippen LogP contribution in [-0.4, -0.2) is 28.4 Å². The molecule has 21 heavy (non-hydrogen) atoms. The Kier molecular flexibility index (Phi) is 3.39. The zero-order valence-corrected chi connectivity index (χ0v) is 11.2. The van der Waals surface area contributed by atoms with Crippen molar-refractivity contribution in [2.75, 3.05) is 11.9 Å². The van der Waals surface area contributed by atoms with Crippen LogP contribution in [0.4, 0.5) is 11.5 Å². The molecule has 3 rings (SSSR count). The number of nitro groups is 1. The van der Waals surface area contributed by atoms with Crippen molar-refractivity contribution >= 4 is 28.3 Å². The summed E-state index contributed by atoms with van der Waals surface area (Å²) in [6.45, 7) is 0.169. The molecule has 108 valence electrons. The van der Waals surface area contributed by atoms with Crippen LogP contribution in [0.5, 0.6) is 0 Å². The number of non-ortho nitro benzene ring substituents is 1. The van der Waals surface area contributed by atoms with Gasteiger partial charge in [0, 0.05) is 23.6 Å².